The summed E-state index contributed by atoms with van der Waals surface area (Å²) in [6.07, 6.45) is 0.898. The van der Waals surface area contributed by atoms with Gasteiger partial charge in [0.05, 0.1) is 0 Å². The van der Waals surface area contributed by atoms with Crippen molar-refractivity contribution < 1.29 is 31.9 Å². The van der Waals surface area contributed by atoms with E-state index in [1.165, 1.54) is 6.92 Å². The molecule has 1 aromatic heterocycles. The minimum absolute atomic E-state index is 0.0162. The van der Waals surface area contributed by atoms with Crippen LogP contribution < -0.4 is 0 Å². The molecule has 4 aliphatic carbocycles. The van der Waals surface area contributed by atoms with Gasteiger partial charge in [-0.25, -0.2) is 0 Å². The van der Waals surface area contributed by atoms with E-state index in [1.54, 1.807) is 18.5 Å². The van der Waals surface area contributed by atoms with E-state index in [9.17, 15) is 23.1 Å². The van der Waals surface area contributed by atoms with Gasteiger partial charge in [-0.15, -0.1) is 0 Å². The summed E-state index contributed by atoms with van der Waals surface area (Å²) in [4.78, 5) is 18.5. The monoisotopic (exact) mass is 600 g/mol. The maximum absolute atomic E-state index is 15.2. The van der Waals surface area contributed by atoms with Gasteiger partial charge in [-0.2, -0.15) is 22.0 Å². The molecule has 4 aliphatic rings. The van der Waals surface area contributed by atoms with E-state index in [-0.39, 0.29) is 24.5 Å². The zero-order valence-electron chi connectivity index (χ0n) is 24.4. The average molecular weight is 601 g/mol. The molecular weight excluding hydrogens is 563 g/mol. The van der Waals surface area contributed by atoms with Crippen LogP contribution in [0, 0.1) is 17.3 Å². The Labute approximate surface area is 248 Å². The molecule has 2 aromatic rings. The number of ketones is 1. The summed E-state index contributed by atoms with van der Waals surface area (Å²) in [5, 5.41) is 11.4. The molecule has 1 aromatic carbocycles. The maximum atomic E-state index is 15.2. The Morgan fingerprint density at radius 1 is 0.953 bits per heavy atom. The molecule has 2 fully saturated rings. The van der Waals surface area contributed by atoms with Crippen molar-refractivity contribution in [1.82, 2.24) is 9.88 Å². The van der Waals surface area contributed by atoms with Crippen molar-refractivity contribution in [3.05, 3.63) is 88.3 Å². The lowest BCUT2D eigenvalue weighted by molar-refractivity contribution is -0.362. The molecule has 0 aliphatic heterocycles. The molecule has 0 unspecified atom stereocenters. The van der Waals surface area contributed by atoms with Gasteiger partial charge in [-0.1, -0.05) is 36.8 Å². The Kier molecular flexibility index (Phi) is 7.44. The van der Waals surface area contributed by atoms with Crippen molar-refractivity contribution in [1.29, 1.82) is 0 Å². The van der Waals surface area contributed by atoms with Gasteiger partial charge in [0.1, 0.15) is 5.60 Å². The van der Waals surface area contributed by atoms with Crippen molar-refractivity contribution >= 4 is 5.78 Å². The first-order chi connectivity index (χ1) is 20.2. The van der Waals surface area contributed by atoms with E-state index in [0.29, 0.717) is 32.2 Å². The van der Waals surface area contributed by atoms with Gasteiger partial charge in [0, 0.05) is 43.2 Å². The van der Waals surface area contributed by atoms with E-state index in [1.807, 2.05) is 43.4 Å². The largest absolute Gasteiger partial charge is 0.456 e. The van der Waals surface area contributed by atoms with Crippen LogP contribution in [0.3, 0.4) is 0 Å². The molecule has 6 rings (SSSR count). The first-order valence-electron chi connectivity index (χ1n) is 15.0. The highest BCUT2D eigenvalue weighted by Crippen LogP contribution is 2.70. The Balaban J connectivity index is 1.37. The number of aliphatic hydroxyl groups is 1. The number of halogens is 5. The highest BCUT2D eigenvalue weighted by Gasteiger charge is 2.79. The highest BCUT2D eigenvalue weighted by molar-refractivity contribution is 5.93. The van der Waals surface area contributed by atoms with Crippen LogP contribution in [-0.4, -0.2) is 45.5 Å². The fourth-order valence-electron chi connectivity index (χ4n) is 8.74. The lowest BCUT2D eigenvalue weighted by atomic mass is 9.50. The van der Waals surface area contributed by atoms with Crippen LogP contribution in [0.1, 0.15) is 74.5 Å². The Bertz CT molecular complexity index is 1450. The third-order valence-electron chi connectivity index (χ3n) is 10.8. The topological polar surface area (TPSA) is 53.4 Å². The van der Waals surface area contributed by atoms with E-state index < -0.39 is 41.4 Å². The first kappa shape index (κ1) is 30.1. The number of rotatable bonds is 6. The molecular formula is C34H37F5N2O2. The summed E-state index contributed by atoms with van der Waals surface area (Å²) in [5.41, 5.74) is 1.28. The number of nitrogens with zero attached hydrogens (tertiary/aromatic N) is 2. The number of allylic oxidation sites excluding steroid dienone is 4. The number of pyridine rings is 1. The zero-order chi connectivity index (χ0) is 30.8. The smallest absolute Gasteiger partial charge is 0.383 e. The van der Waals surface area contributed by atoms with Crippen molar-refractivity contribution in [3.63, 3.8) is 0 Å². The van der Waals surface area contributed by atoms with Crippen molar-refractivity contribution in [3.8, 4) is 0 Å². The van der Waals surface area contributed by atoms with Crippen molar-refractivity contribution in [2.75, 3.05) is 7.05 Å². The minimum atomic E-state index is -5.86. The maximum Gasteiger partial charge on any atom is 0.456 e. The average Bonchev–Trinajstić information content (AvgIpc) is 3.24. The second kappa shape index (κ2) is 10.6. The van der Waals surface area contributed by atoms with Crippen LogP contribution in [-0.2, 0) is 17.9 Å². The van der Waals surface area contributed by atoms with E-state index in [0.717, 1.165) is 40.0 Å². The van der Waals surface area contributed by atoms with E-state index >= 15 is 8.78 Å². The van der Waals surface area contributed by atoms with Crippen LogP contribution in [0.2, 0.25) is 0 Å². The molecule has 1 N–H and O–H groups in total. The Morgan fingerprint density at radius 2 is 1.60 bits per heavy atom. The van der Waals surface area contributed by atoms with Gasteiger partial charge in [0.25, 0.3) is 0 Å². The quantitative estimate of drug-likeness (QED) is 0.348. The van der Waals surface area contributed by atoms with Crippen LogP contribution in [0.25, 0.3) is 0 Å². The van der Waals surface area contributed by atoms with Crippen LogP contribution in [0.5, 0.6) is 0 Å². The predicted octanol–water partition coefficient (Wildman–Crippen LogP) is 7.54. The third-order valence-corrected chi connectivity index (χ3v) is 10.8. The number of aromatic nitrogens is 1. The molecule has 4 nitrogen and oxygen atoms in total. The molecule has 0 amide bonds. The zero-order valence-corrected chi connectivity index (χ0v) is 24.4. The van der Waals surface area contributed by atoms with Gasteiger partial charge in [0.2, 0.25) is 0 Å². The second-order valence-corrected chi connectivity index (χ2v) is 13.2. The molecule has 9 heteroatoms. The molecule has 0 radical (unpaired) electrons. The summed E-state index contributed by atoms with van der Waals surface area (Å²) >= 11 is 0. The number of alkyl halides is 5. The normalized spacial score (nSPS) is 31.0. The number of hydrogen-bond donors (Lipinski definition) is 1. The van der Waals surface area contributed by atoms with Crippen LogP contribution in [0.4, 0.5) is 22.0 Å². The van der Waals surface area contributed by atoms with E-state index in [2.05, 4.69) is 9.88 Å². The molecule has 230 valence electrons. The van der Waals surface area contributed by atoms with Crippen LogP contribution in [0.15, 0.2) is 71.6 Å². The SMILES string of the molecule is CN(Cc1ccncc1)Cc1ccc([C@H]2C[C@@]3(C)[C@@H](CC[C@@]3(O)C(F)(F)C(F)(F)F)[C@@H]3CCC4=CC(=O)CCC4=C32)cc1. The second-order valence-electron chi connectivity index (χ2n) is 13.2. The Hall–Kier alpha value is -2.91. The lowest BCUT2D eigenvalue weighted by Gasteiger charge is -2.56. The summed E-state index contributed by atoms with van der Waals surface area (Å²) in [6, 6.07) is 11.8. The first-order valence-corrected chi connectivity index (χ1v) is 15.0. The molecule has 2 saturated carbocycles. The van der Waals surface area contributed by atoms with Gasteiger partial charge in [-0.05, 0) is 103 Å². The molecule has 0 spiro atoms. The van der Waals surface area contributed by atoms with E-state index in [4.69, 9.17) is 0 Å². The van der Waals surface area contributed by atoms with Gasteiger partial charge in [-0.3, -0.25) is 14.7 Å². The number of benzene rings is 1. The number of hydrogen-bond acceptors (Lipinski definition) is 4. The van der Waals surface area contributed by atoms with Crippen molar-refractivity contribution in [2.24, 2.45) is 17.3 Å². The lowest BCUT2D eigenvalue weighted by Crippen LogP contribution is -2.65. The molecule has 1 heterocycles. The summed E-state index contributed by atoms with van der Waals surface area (Å²) in [7, 11) is 2.01. The molecule has 43 heavy (non-hydrogen) atoms. The fourth-order valence-corrected chi connectivity index (χ4v) is 8.74. The number of carbonyl (C=O) groups excluding carboxylic acids is 1. The predicted molar refractivity (Wildman–Crippen MR) is 152 cm³/mol. The molecule has 0 bridgehead atoms. The molecule has 5 atom stereocenters. The Morgan fingerprint density at radius 3 is 2.26 bits per heavy atom. The fraction of sp³-hybridized carbons (Fsp3) is 0.529. The minimum Gasteiger partial charge on any atom is -0.383 e. The third kappa shape index (κ3) is 4.87. The van der Waals surface area contributed by atoms with Gasteiger partial charge < -0.3 is 5.11 Å². The highest BCUT2D eigenvalue weighted by atomic mass is 19.4. The number of fused-ring (bicyclic) bond motifs is 4. The standard InChI is InChI=1S/C34H37F5N2O2/c1-31-18-28(23-5-3-21(4-6-23)19-41(2)20-22-12-15-40-16-13-22)30-26-10-8-25(42)17-24(26)7-9-27(30)29(31)11-14-32(31,43)33(35,36)34(37,38)39/h3-6,12-13,15-17,27-29,43H,7-11,14,18-20H2,1-2H3/t27-,28+,29-,31-,32-/m0/s1. The van der Waals surface area contributed by atoms with Crippen molar-refractivity contribution in [2.45, 2.75) is 88.6 Å². The van der Waals surface area contributed by atoms with Gasteiger partial charge in [0.15, 0.2) is 5.78 Å². The van der Waals surface area contributed by atoms with Crippen LogP contribution >= 0.6 is 0 Å². The van der Waals surface area contributed by atoms with Gasteiger partial charge >= 0.3 is 12.1 Å². The summed E-state index contributed by atoms with van der Waals surface area (Å²) in [6.45, 7) is 2.84. The molecule has 0 saturated heterocycles. The number of carbonyl (C=O) groups is 1. The summed E-state index contributed by atoms with van der Waals surface area (Å²) < 4.78 is 71.8. The summed E-state index contributed by atoms with van der Waals surface area (Å²) in [5.74, 6) is -6.34.